The topological polar surface area (TPSA) is 209 Å². The number of benzene rings is 2. The van der Waals surface area contributed by atoms with Crippen molar-refractivity contribution in [1.82, 2.24) is 28.9 Å². The fraction of sp³-hybridized carbons (Fsp3) is 0.446. The van der Waals surface area contributed by atoms with Crippen molar-refractivity contribution in [2.45, 2.75) is 137 Å². The molecule has 2 aliphatic rings. The number of pyridine rings is 4. The van der Waals surface area contributed by atoms with Crippen LogP contribution in [0.3, 0.4) is 0 Å². The number of ether oxygens (including phenoxy) is 2. The van der Waals surface area contributed by atoms with Crippen LogP contribution in [0.2, 0.25) is 0 Å². The highest BCUT2D eigenvalue weighted by Crippen LogP contribution is 2.34. The van der Waals surface area contributed by atoms with Crippen molar-refractivity contribution in [3.63, 3.8) is 0 Å². The Morgan fingerprint density at radius 2 is 1.00 bits per heavy atom. The maximum absolute atomic E-state index is 14.0. The number of hydrogen-bond donors (Lipinski definition) is 2. The molecule has 0 aliphatic carbocycles. The molecule has 6 heterocycles. The molecule has 0 bridgehead atoms. The van der Waals surface area contributed by atoms with Crippen LogP contribution in [0.15, 0.2) is 120 Å². The van der Waals surface area contributed by atoms with E-state index in [1.54, 1.807) is 43.1 Å². The SMILES string of the molecule is CC(C)CC(C(=O)O)n1cc(CN2CC(F)C2)ccc1=O.COC(=O)C[C@H](CC(=O)C(CC(C)C)n1cc(CN2CC(F)C2)ccc1=O)c1cncc(-c2c(C)cccc2C)c1.COC(=O)C[C@H](N)c1cncc(-c2c(C)cccc2C)c1.S.S. The van der Waals surface area contributed by atoms with Crippen molar-refractivity contribution in [1.29, 1.82) is 0 Å². The number of nitrogens with zero attached hydrogens (tertiary/aromatic N) is 6. The van der Waals surface area contributed by atoms with Crippen LogP contribution in [-0.2, 0) is 41.7 Å². The van der Waals surface area contributed by atoms with Crippen LogP contribution >= 0.6 is 27.0 Å². The predicted octanol–water partition coefficient (Wildman–Crippen LogP) is 10.4. The molecule has 0 amide bonds. The van der Waals surface area contributed by atoms with Crippen LogP contribution in [0.25, 0.3) is 22.3 Å². The number of Topliss-reactive ketones (excluding diaryl/α,β-unsaturated/α-hetero) is 1. The van der Waals surface area contributed by atoms with Gasteiger partial charge in [0, 0.05) is 118 Å². The summed E-state index contributed by atoms with van der Waals surface area (Å²) in [6, 6.07) is 20.6. The number of ketones is 1. The Kier molecular flexibility index (Phi) is 27.6. The van der Waals surface area contributed by atoms with E-state index < -0.39 is 48.3 Å². The van der Waals surface area contributed by atoms with Gasteiger partial charge in [-0.25, -0.2) is 13.6 Å². The molecule has 6 aromatic rings. The lowest BCUT2D eigenvalue weighted by Crippen LogP contribution is -2.47. The molecule has 0 saturated carbocycles. The van der Waals surface area contributed by atoms with Crippen LogP contribution in [0.1, 0.15) is 128 Å². The van der Waals surface area contributed by atoms with E-state index in [0.717, 1.165) is 55.6 Å². The molecule has 0 radical (unpaired) electrons. The lowest BCUT2D eigenvalue weighted by atomic mass is 9.86. The summed E-state index contributed by atoms with van der Waals surface area (Å²) >= 11 is 0. The molecule has 2 aromatic carbocycles. The van der Waals surface area contributed by atoms with Crippen LogP contribution < -0.4 is 16.9 Å². The molecular formula is C65H85F2N7O9S2. The van der Waals surface area contributed by atoms with Gasteiger partial charge < -0.3 is 29.4 Å². The molecule has 8 rings (SSSR count). The number of methoxy groups -OCH3 is 2. The summed E-state index contributed by atoms with van der Waals surface area (Å²) in [4.78, 5) is 86.8. The van der Waals surface area contributed by atoms with Gasteiger partial charge in [-0.15, -0.1) is 0 Å². The molecular weight excluding hydrogens is 1120 g/mol. The number of hydrogen-bond acceptors (Lipinski definition) is 13. The summed E-state index contributed by atoms with van der Waals surface area (Å²) < 4.78 is 38.6. The highest BCUT2D eigenvalue weighted by molar-refractivity contribution is 7.59. The maximum atomic E-state index is 14.0. The number of aryl methyl sites for hydroxylation is 4. The Hall–Kier alpha value is -6.84. The summed E-state index contributed by atoms with van der Waals surface area (Å²) in [6.07, 6.45) is 9.85. The summed E-state index contributed by atoms with van der Waals surface area (Å²) in [7, 11) is 2.70. The number of carbonyl (C=O) groups is 4. The van der Waals surface area contributed by atoms with E-state index in [-0.39, 0.29) is 81.0 Å². The first-order chi connectivity index (χ1) is 39.4. The number of carboxylic acid groups (broad SMARTS) is 1. The number of carboxylic acids is 1. The zero-order chi connectivity index (χ0) is 60.7. The van der Waals surface area contributed by atoms with Crippen molar-refractivity contribution in [2.24, 2.45) is 17.6 Å². The van der Waals surface area contributed by atoms with Crippen LogP contribution in [0.5, 0.6) is 0 Å². The number of rotatable bonds is 22. The molecule has 4 atom stereocenters. The number of likely N-dealkylation sites (tertiary alicyclic amines) is 2. The first-order valence-corrected chi connectivity index (χ1v) is 28.3. The third-order valence-corrected chi connectivity index (χ3v) is 15.0. The van der Waals surface area contributed by atoms with E-state index in [4.69, 9.17) is 10.5 Å². The first kappa shape index (κ1) is 70.6. The Morgan fingerprint density at radius 1 is 0.600 bits per heavy atom. The molecule has 460 valence electrons. The van der Waals surface area contributed by atoms with Crippen LogP contribution in [0, 0.1) is 39.5 Å². The summed E-state index contributed by atoms with van der Waals surface area (Å²) in [6.45, 7) is 18.7. The van der Waals surface area contributed by atoms with E-state index >= 15 is 0 Å². The second-order valence-corrected chi connectivity index (χ2v) is 22.9. The highest BCUT2D eigenvalue weighted by Gasteiger charge is 2.31. The van der Waals surface area contributed by atoms with Crippen molar-refractivity contribution < 1.29 is 42.5 Å². The summed E-state index contributed by atoms with van der Waals surface area (Å²) in [5.41, 5.74) is 17.5. The highest BCUT2D eigenvalue weighted by atomic mass is 32.1. The molecule has 16 nitrogen and oxygen atoms in total. The first-order valence-electron chi connectivity index (χ1n) is 28.3. The molecule has 0 spiro atoms. The average molecular weight is 1210 g/mol. The van der Waals surface area contributed by atoms with Gasteiger partial charge in [-0.2, -0.15) is 27.0 Å². The van der Waals surface area contributed by atoms with Crippen molar-refractivity contribution in [3.05, 3.63) is 175 Å². The predicted molar refractivity (Wildman–Crippen MR) is 338 cm³/mol. The number of alkyl halides is 2. The Balaban J connectivity index is 0.000000297. The van der Waals surface area contributed by atoms with Gasteiger partial charge in [0.05, 0.1) is 33.1 Å². The molecule has 2 unspecified atom stereocenters. The Labute approximate surface area is 512 Å². The summed E-state index contributed by atoms with van der Waals surface area (Å²) in [5.74, 6) is -2.02. The lowest BCUT2D eigenvalue weighted by Gasteiger charge is -2.34. The summed E-state index contributed by atoms with van der Waals surface area (Å²) in [5, 5.41) is 9.35. The second kappa shape index (κ2) is 33.2. The molecule has 3 N–H and O–H groups in total. The van der Waals surface area contributed by atoms with Crippen molar-refractivity contribution in [3.8, 4) is 22.3 Å². The lowest BCUT2D eigenvalue weighted by molar-refractivity contribution is -0.142. The largest absolute Gasteiger partial charge is 0.480 e. The quantitative estimate of drug-likeness (QED) is 0.0606. The molecule has 2 fully saturated rings. The number of aromatic nitrogens is 4. The Bertz CT molecular complexity index is 3290. The maximum Gasteiger partial charge on any atom is 0.326 e. The van der Waals surface area contributed by atoms with E-state index in [9.17, 15) is 42.7 Å². The molecule has 2 saturated heterocycles. The van der Waals surface area contributed by atoms with Crippen molar-refractivity contribution >= 4 is 50.7 Å². The molecule has 85 heavy (non-hydrogen) atoms. The normalized spacial score (nSPS) is 14.8. The third kappa shape index (κ3) is 20.1. The molecule has 20 heteroatoms. The smallest absolute Gasteiger partial charge is 0.326 e. The molecule has 2 aliphatic heterocycles. The van der Waals surface area contributed by atoms with Gasteiger partial charge in [0.1, 0.15) is 18.4 Å². The molecule has 4 aromatic heterocycles. The van der Waals surface area contributed by atoms with E-state index in [0.29, 0.717) is 52.1 Å². The van der Waals surface area contributed by atoms with E-state index in [1.165, 1.54) is 46.6 Å². The fourth-order valence-electron chi connectivity index (χ4n) is 10.7. The second-order valence-electron chi connectivity index (χ2n) is 22.9. The van der Waals surface area contributed by atoms with E-state index in [1.807, 2.05) is 93.9 Å². The van der Waals surface area contributed by atoms with Gasteiger partial charge in [-0.1, -0.05) is 76.2 Å². The van der Waals surface area contributed by atoms with Crippen LogP contribution in [0.4, 0.5) is 8.78 Å². The zero-order valence-corrected chi connectivity index (χ0v) is 52.5. The van der Waals surface area contributed by atoms with Crippen LogP contribution in [-0.4, -0.2) is 110 Å². The minimum Gasteiger partial charge on any atom is -0.480 e. The van der Waals surface area contributed by atoms with Gasteiger partial charge in [0.25, 0.3) is 11.1 Å². The number of halogens is 2. The minimum atomic E-state index is -1.00. The average Bonchev–Trinajstić information content (AvgIpc) is 3.02. The number of aliphatic carboxylic acids is 1. The van der Waals surface area contributed by atoms with Crippen molar-refractivity contribution in [2.75, 3.05) is 40.4 Å². The van der Waals surface area contributed by atoms with Gasteiger partial charge in [-0.05, 0) is 120 Å². The monoisotopic (exact) mass is 1210 g/mol. The van der Waals surface area contributed by atoms with E-state index in [2.05, 4.69) is 40.7 Å². The fourth-order valence-corrected chi connectivity index (χ4v) is 10.7. The number of esters is 2. The zero-order valence-electron chi connectivity index (χ0n) is 50.5. The minimum absolute atomic E-state index is 0. The number of carbonyl (C=O) groups excluding carboxylic acids is 3. The Morgan fingerprint density at radius 3 is 1.41 bits per heavy atom. The number of nitrogens with two attached hydrogens (primary N) is 1. The van der Waals surface area contributed by atoms with Gasteiger partial charge in [0.2, 0.25) is 0 Å². The van der Waals surface area contributed by atoms with Gasteiger partial charge >= 0.3 is 17.9 Å². The standard InChI is InChI=1S/C33H40FN3O4.C17H20N2O2.C15H21FN2O3.2H2S/c1-21(2)11-29(37-18-24(9-10-31(37)39)17-36-19-28(34)20-36)30(38)13-25(14-32(40)41-5)26-12-27(16-35-15-26)33-22(3)7-6-8-23(33)4;1-11-5-4-6-12(2)17(11)14-7-13(9-19-10-14)15(18)8-16(20)21-3;1-10(2)5-13(15(20)21)18-7-11(3-4-14(18)19)6-17-8-12(16)9-17;;/h6-10,12,15-16,18,21,25,28-29H,11,13-14,17,19-20H2,1-5H3;4-7,9-10,15H,8,18H2,1-3H3;3-4,7,10,12-13H,5-6,8-9H2,1-2H3,(H,20,21);2*1H2/t25-,29?;15-;;;/m00.../s1. The third-order valence-electron chi connectivity index (χ3n) is 15.0. The van der Waals surface area contributed by atoms with Gasteiger partial charge in [-0.3, -0.25) is 43.7 Å². The van der Waals surface area contributed by atoms with Gasteiger partial charge in [0.15, 0.2) is 5.78 Å².